The van der Waals surface area contributed by atoms with E-state index in [1.54, 1.807) is 13.8 Å². The Labute approximate surface area is 93.0 Å². The number of carbonyl (C=O) groups is 2. The van der Waals surface area contributed by atoms with Crippen LogP contribution in [-0.2, 0) is 13.0 Å². The van der Waals surface area contributed by atoms with Gasteiger partial charge in [0.05, 0.1) is 0 Å². The zero-order valence-corrected chi connectivity index (χ0v) is 9.33. The lowest BCUT2D eigenvalue weighted by Crippen LogP contribution is -2.22. The molecule has 1 aromatic rings. The van der Waals surface area contributed by atoms with Crippen LogP contribution in [0.5, 0.6) is 0 Å². The zero-order chi connectivity index (χ0) is 11.4. The minimum atomic E-state index is -0.0889. The molecule has 2 heterocycles. The van der Waals surface area contributed by atoms with Gasteiger partial charge in [-0.1, -0.05) is 0 Å². The summed E-state index contributed by atoms with van der Waals surface area (Å²) in [5.41, 5.74) is 1.98. The van der Waals surface area contributed by atoms with E-state index in [-0.39, 0.29) is 11.6 Å². The fourth-order valence-electron chi connectivity index (χ4n) is 2.41. The van der Waals surface area contributed by atoms with Crippen LogP contribution in [0, 0.1) is 0 Å². The number of hydrogen-bond donors (Lipinski definition) is 0. The van der Waals surface area contributed by atoms with E-state index in [9.17, 15) is 9.59 Å². The van der Waals surface area contributed by atoms with E-state index < -0.39 is 0 Å². The van der Waals surface area contributed by atoms with Crippen molar-refractivity contribution < 1.29 is 9.59 Å². The first kappa shape index (κ1) is 9.51. The highest BCUT2D eigenvalue weighted by Gasteiger charge is 2.35. The highest BCUT2D eigenvalue weighted by atomic mass is 16.1. The quantitative estimate of drug-likeness (QED) is 0.661. The Balaban J connectivity index is 2.30. The van der Waals surface area contributed by atoms with Gasteiger partial charge in [0.25, 0.3) is 0 Å². The predicted octanol–water partition coefficient (Wildman–Crippen LogP) is 1.54. The molecular formula is C12H12N2O2. The molecule has 0 saturated carbocycles. The maximum atomic E-state index is 12.1. The summed E-state index contributed by atoms with van der Waals surface area (Å²) in [6, 6.07) is 0. The average molecular weight is 216 g/mol. The van der Waals surface area contributed by atoms with Crippen LogP contribution in [0.1, 0.15) is 47.1 Å². The van der Waals surface area contributed by atoms with Gasteiger partial charge in [-0.2, -0.15) is 0 Å². The van der Waals surface area contributed by atoms with Gasteiger partial charge in [0.2, 0.25) is 11.6 Å². The second-order valence-corrected chi connectivity index (χ2v) is 4.39. The van der Waals surface area contributed by atoms with E-state index in [4.69, 9.17) is 0 Å². The minimum Gasteiger partial charge on any atom is -0.325 e. The summed E-state index contributed by atoms with van der Waals surface area (Å²) in [6.45, 7) is 4.22. The van der Waals surface area contributed by atoms with Gasteiger partial charge in [0.15, 0.2) is 0 Å². The maximum Gasteiger partial charge on any atom is 0.209 e. The maximum absolute atomic E-state index is 12.1. The fraction of sp³-hybridized carbons (Fsp3) is 0.417. The molecule has 16 heavy (non-hydrogen) atoms. The number of carbonyl (C=O) groups excluding carboxylic acids is 2. The van der Waals surface area contributed by atoms with Crippen LogP contribution in [0.15, 0.2) is 11.1 Å². The molecule has 4 heteroatoms. The highest BCUT2D eigenvalue weighted by Crippen LogP contribution is 2.29. The number of imidazole rings is 1. The van der Waals surface area contributed by atoms with Crippen molar-refractivity contribution in [2.24, 2.45) is 0 Å². The van der Waals surface area contributed by atoms with Crippen molar-refractivity contribution in [1.29, 1.82) is 0 Å². The Morgan fingerprint density at radius 3 is 2.56 bits per heavy atom. The molecule has 0 radical (unpaired) electrons. The van der Waals surface area contributed by atoms with Gasteiger partial charge in [-0.3, -0.25) is 9.59 Å². The van der Waals surface area contributed by atoms with E-state index in [2.05, 4.69) is 4.98 Å². The predicted molar refractivity (Wildman–Crippen MR) is 57.6 cm³/mol. The molecule has 0 atom stereocenters. The summed E-state index contributed by atoms with van der Waals surface area (Å²) in [5.74, 6) is 0.760. The summed E-state index contributed by atoms with van der Waals surface area (Å²) < 4.78 is 1.91. The van der Waals surface area contributed by atoms with Crippen molar-refractivity contribution in [3.05, 3.63) is 28.4 Å². The Kier molecular flexibility index (Phi) is 1.73. The van der Waals surface area contributed by atoms with E-state index in [1.165, 1.54) is 0 Å². The van der Waals surface area contributed by atoms with Crippen LogP contribution >= 0.6 is 0 Å². The number of ketones is 2. The van der Waals surface area contributed by atoms with Crippen molar-refractivity contribution >= 4 is 11.6 Å². The molecule has 1 aliphatic heterocycles. The van der Waals surface area contributed by atoms with Crippen molar-refractivity contribution in [2.45, 2.75) is 33.2 Å². The number of aromatic nitrogens is 2. The monoisotopic (exact) mass is 216 g/mol. The molecule has 1 aliphatic carbocycles. The van der Waals surface area contributed by atoms with Crippen LogP contribution in [0.4, 0.5) is 0 Å². The molecule has 0 fully saturated rings. The van der Waals surface area contributed by atoms with Crippen LogP contribution < -0.4 is 0 Å². The van der Waals surface area contributed by atoms with Crippen LogP contribution in [-0.4, -0.2) is 21.1 Å². The molecule has 82 valence electrons. The molecule has 1 aromatic heterocycles. The lowest BCUT2D eigenvalue weighted by atomic mass is 9.92. The first-order chi connectivity index (χ1) is 7.61. The van der Waals surface area contributed by atoms with E-state index in [0.717, 1.165) is 25.2 Å². The lowest BCUT2D eigenvalue weighted by molar-refractivity contribution is 0.0967. The van der Waals surface area contributed by atoms with Gasteiger partial charge in [-0.25, -0.2) is 4.98 Å². The third kappa shape index (κ3) is 0.965. The third-order valence-corrected chi connectivity index (χ3v) is 3.50. The number of Topliss-reactive ketones (excluding diaryl/α,β-unsaturated/α-hetero) is 2. The van der Waals surface area contributed by atoms with Gasteiger partial charge in [0.1, 0.15) is 17.2 Å². The molecule has 0 unspecified atom stereocenters. The number of hydrogen-bond acceptors (Lipinski definition) is 3. The van der Waals surface area contributed by atoms with Gasteiger partial charge < -0.3 is 4.57 Å². The van der Waals surface area contributed by atoms with Gasteiger partial charge in [0, 0.05) is 24.1 Å². The Hall–Kier alpha value is -1.71. The fourth-order valence-corrected chi connectivity index (χ4v) is 2.41. The Morgan fingerprint density at radius 2 is 1.81 bits per heavy atom. The van der Waals surface area contributed by atoms with Crippen molar-refractivity contribution in [3.8, 4) is 0 Å². The first-order valence-electron chi connectivity index (χ1n) is 5.47. The number of rotatable bonds is 0. The largest absolute Gasteiger partial charge is 0.325 e. The second kappa shape index (κ2) is 2.90. The average Bonchev–Trinajstić information content (AvgIpc) is 2.82. The first-order valence-corrected chi connectivity index (χ1v) is 5.47. The molecule has 0 spiro atoms. The summed E-state index contributed by atoms with van der Waals surface area (Å²) in [7, 11) is 0. The van der Waals surface area contributed by atoms with Crippen molar-refractivity contribution in [1.82, 2.24) is 9.55 Å². The van der Waals surface area contributed by atoms with Gasteiger partial charge in [-0.05, 0) is 20.3 Å². The van der Waals surface area contributed by atoms with E-state index in [0.29, 0.717) is 22.5 Å². The van der Waals surface area contributed by atoms with Gasteiger partial charge in [-0.15, -0.1) is 0 Å². The summed E-state index contributed by atoms with van der Waals surface area (Å²) in [4.78, 5) is 28.4. The highest BCUT2D eigenvalue weighted by molar-refractivity contribution is 6.25. The lowest BCUT2D eigenvalue weighted by Gasteiger charge is -2.13. The van der Waals surface area contributed by atoms with Crippen LogP contribution in [0.2, 0.25) is 0 Å². The molecule has 0 saturated heterocycles. The van der Waals surface area contributed by atoms with Crippen molar-refractivity contribution in [3.63, 3.8) is 0 Å². The Morgan fingerprint density at radius 1 is 1.12 bits per heavy atom. The van der Waals surface area contributed by atoms with E-state index >= 15 is 0 Å². The third-order valence-electron chi connectivity index (χ3n) is 3.50. The normalized spacial score (nSPS) is 19.1. The molecule has 0 bridgehead atoms. The minimum absolute atomic E-state index is 0.0345. The van der Waals surface area contributed by atoms with Crippen LogP contribution in [0.3, 0.4) is 0 Å². The SMILES string of the molecule is CC1=C(C)C(=O)c2c(nc3n2CCC3)C1=O. The van der Waals surface area contributed by atoms with E-state index in [1.807, 2.05) is 4.57 Å². The Bertz CT molecular complexity index is 564. The van der Waals surface area contributed by atoms with Crippen molar-refractivity contribution in [2.75, 3.05) is 0 Å². The molecule has 4 nitrogen and oxygen atoms in total. The number of nitrogens with zero attached hydrogens (tertiary/aromatic N) is 2. The number of fused-ring (bicyclic) bond motifs is 3. The topological polar surface area (TPSA) is 52.0 Å². The molecular weight excluding hydrogens is 204 g/mol. The molecule has 2 aliphatic rings. The smallest absolute Gasteiger partial charge is 0.209 e. The molecule has 0 amide bonds. The molecule has 0 aromatic carbocycles. The van der Waals surface area contributed by atoms with Gasteiger partial charge >= 0.3 is 0 Å². The summed E-state index contributed by atoms with van der Waals surface area (Å²) >= 11 is 0. The second-order valence-electron chi connectivity index (χ2n) is 4.39. The number of allylic oxidation sites excluding steroid dienone is 2. The summed E-state index contributed by atoms with van der Waals surface area (Å²) in [6.07, 6.45) is 1.88. The zero-order valence-electron chi connectivity index (χ0n) is 9.33. The number of aryl methyl sites for hydroxylation is 1. The molecule has 3 rings (SSSR count). The summed E-state index contributed by atoms with van der Waals surface area (Å²) in [5, 5.41) is 0. The standard InChI is InChI=1S/C12H12N2O2/c1-6-7(2)12(16)10-9(11(6)15)13-8-4-3-5-14(8)10/h3-5H2,1-2H3. The van der Waals surface area contributed by atoms with Crippen LogP contribution in [0.25, 0.3) is 0 Å². The molecule has 0 N–H and O–H groups in total.